The Morgan fingerprint density at radius 2 is 1.53 bits per heavy atom. The molecule has 0 saturated carbocycles. The van der Waals surface area contributed by atoms with E-state index in [4.69, 9.17) is 4.42 Å². The second-order valence-electron chi connectivity index (χ2n) is 7.69. The normalized spacial score (nSPS) is 15.0. The first-order chi connectivity index (χ1) is 14.7. The number of nitrogens with zero attached hydrogens (tertiary/aromatic N) is 2. The molecule has 30 heavy (non-hydrogen) atoms. The van der Waals surface area contributed by atoms with Crippen molar-refractivity contribution in [2.75, 3.05) is 31.1 Å². The number of phenols is 1. The monoisotopic (exact) mass is 462 g/mol. The van der Waals surface area contributed by atoms with Gasteiger partial charge in [-0.25, -0.2) is 0 Å². The van der Waals surface area contributed by atoms with Crippen LogP contribution in [0.25, 0.3) is 22.3 Å². The second kappa shape index (κ2) is 8.17. The van der Waals surface area contributed by atoms with E-state index in [0.717, 1.165) is 54.0 Å². The van der Waals surface area contributed by atoms with Crippen LogP contribution in [0.3, 0.4) is 0 Å². The van der Waals surface area contributed by atoms with Crippen LogP contribution in [0, 0.1) is 0 Å². The summed E-state index contributed by atoms with van der Waals surface area (Å²) >= 11 is 3.59. The minimum atomic E-state index is 0.299. The summed E-state index contributed by atoms with van der Waals surface area (Å²) in [5.74, 6) is 1.10. The summed E-state index contributed by atoms with van der Waals surface area (Å²) in [6, 6.07) is 24.5. The summed E-state index contributed by atoms with van der Waals surface area (Å²) in [5.41, 5.74) is 3.97. The van der Waals surface area contributed by atoms with Crippen LogP contribution in [0.2, 0.25) is 0 Å². The van der Waals surface area contributed by atoms with Crippen molar-refractivity contribution in [1.82, 2.24) is 4.90 Å². The van der Waals surface area contributed by atoms with Crippen LogP contribution >= 0.6 is 15.9 Å². The Hall–Kier alpha value is -2.76. The molecule has 0 atom stereocenters. The zero-order valence-electron chi connectivity index (χ0n) is 16.6. The lowest BCUT2D eigenvalue weighted by Gasteiger charge is -2.36. The minimum Gasteiger partial charge on any atom is -0.506 e. The van der Waals surface area contributed by atoms with E-state index in [9.17, 15) is 5.11 Å². The molecule has 1 aromatic heterocycles. The predicted molar refractivity (Wildman–Crippen MR) is 125 cm³/mol. The van der Waals surface area contributed by atoms with Gasteiger partial charge in [0, 0.05) is 54.9 Å². The summed E-state index contributed by atoms with van der Waals surface area (Å²) < 4.78 is 6.82. The Bertz CT molecular complexity index is 1150. The highest BCUT2D eigenvalue weighted by atomic mass is 79.9. The van der Waals surface area contributed by atoms with Gasteiger partial charge in [0.1, 0.15) is 17.1 Å². The Balaban J connectivity index is 1.35. The van der Waals surface area contributed by atoms with Crippen molar-refractivity contribution in [2.45, 2.75) is 6.54 Å². The fraction of sp³-hybridized carbons (Fsp3) is 0.200. The number of phenolic OH excluding ortho intramolecular Hbond substituents is 1. The van der Waals surface area contributed by atoms with Crippen molar-refractivity contribution < 1.29 is 9.52 Å². The lowest BCUT2D eigenvalue weighted by Crippen LogP contribution is -2.45. The van der Waals surface area contributed by atoms with E-state index < -0.39 is 0 Å². The highest BCUT2D eigenvalue weighted by Gasteiger charge is 2.21. The van der Waals surface area contributed by atoms with E-state index in [-0.39, 0.29) is 0 Å². The Labute approximate surface area is 184 Å². The minimum absolute atomic E-state index is 0.299. The van der Waals surface area contributed by atoms with Gasteiger partial charge in [0.05, 0.1) is 4.47 Å². The summed E-state index contributed by atoms with van der Waals surface area (Å²) in [7, 11) is 0. The third-order valence-electron chi connectivity index (χ3n) is 5.76. The van der Waals surface area contributed by atoms with E-state index in [1.807, 2.05) is 48.5 Å². The summed E-state index contributed by atoms with van der Waals surface area (Å²) in [4.78, 5) is 4.79. The molecule has 1 aliphatic rings. The van der Waals surface area contributed by atoms with Crippen LogP contribution in [0.1, 0.15) is 5.56 Å². The van der Waals surface area contributed by atoms with Gasteiger partial charge in [0.15, 0.2) is 0 Å². The number of anilines is 1. The van der Waals surface area contributed by atoms with Gasteiger partial charge >= 0.3 is 0 Å². The number of hydrogen-bond donors (Lipinski definition) is 1. The summed E-state index contributed by atoms with van der Waals surface area (Å²) in [6.45, 7) is 4.57. The Kier molecular flexibility index (Phi) is 5.23. The number of furan rings is 1. The molecular formula is C25H23BrN2O2. The topological polar surface area (TPSA) is 39.9 Å². The molecule has 0 aliphatic carbocycles. The van der Waals surface area contributed by atoms with Gasteiger partial charge in [0.25, 0.3) is 0 Å². The second-order valence-corrected chi connectivity index (χ2v) is 8.48. The molecule has 5 rings (SSSR count). The van der Waals surface area contributed by atoms with Gasteiger partial charge in [-0.15, -0.1) is 0 Å². The smallest absolute Gasteiger partial charge is 0.136 e. The molecule has 3 aromatic carbocycles. The van der Waals surface area contributed by atoms with Crippen molar-refractivity contribution in [3.8, 4) is 17.1 Å². The van der Waals surface area contributed by atoms with E-state index in [1.165, 1.54) is 5.69 Å². The SMILES string of the molecule is Oc1c(CN2CCN(c3ccccc3)CC2)cc2oc(-c3ccccc3)cc2c1Br. The third kappa shape index (κ3) is 3.71. The van der Waals surface area contributed by atoms with Gasteiger partial charge in [-0.05, 0) is 40.2 Å². The quantitative estimate of drug-likeness (QED) is 0.410. The zero-order chi connectivity index (χ0) is 20.5. The fourth-order valence-electron chi connectivity index (χ4n) is 4.09. The molecule has 0 unspecified atom stereocenters. The predicted octanol–water partition coefficient (Wildman–Crippen LogP) is 5.89. The zero-order valence-corrected chi connectivity index (χ0v) is 18.2. The first-order valence-electron chi connectivity index (χ1n) is 10.2. The molecule has 1 saturated heterocycles. The molecule has 4 nitrogen and oxygen atoms in total. The van der Waals surface area contributed by atoms with Crippen LogP contribution in [0.5, 0.6) is 5.75 Å². The van der Waals surface area contributed by atoms with E-state index in [1.54, 1.807) is 0 Å². The third-order valence-corrected chi connectivity index (χ3v) is 6.56. The van der Waals surface area contributed by atoms with Crippen LogP contribution in [0.15, 0.2) is 81.7 Å². The molecule has 1 N–H and O–H groups in total. The maximum atomic E-state index is 10.8. The van der Waals surface area contributed by atoms with Crippen LogP contribution in [-0.4, -0.2) is 36.2 Å². The standard InChI is InChI=1S/C25H23BrN2O2/c26-24-21-16-22(18-7-3-1-4-8-18)30-23(21)15-19(25(24)29)17-27-11-13-28(14-12-27)20-9-5-2-6-10-20/h1-10,15-16,29H,11-14,17H2. The molecule has 0 spiro atoms. The molecule has 0 radical (unpaired) electrons. The van der Waals surface area contributed by atoms with Gasteiger partial charge < -0.3 is 14.4 Å². The fourth-order valence-corrected chi connectivity index (χ4v) is 4.65. The van der Waals surface area contributed by atoms with Gasteiger partial charge in [-0.1, -0.05) is 48.5 Å². The lowest BCUT2D eigenvalue weighted by molar-refractivity contribution is 0.246. The number of benzene rings is 3. The molecule has 1 aliphatic heterocycles. The molecular weight excluding hydrogens is 440 g/mol. The highest BCUT2D eigenvalue weighted by Crippen LogP contribution is 2.40. The Morgan fingerprint density at radius 3 is 2.23 bits per heavy atom. The molecule has 1 fully saturated rings. The highest BCUT2D eigenvalue weighted by molar-refractivity contribution is 9.10. The lowest BCUT2D eigenvalue weighted by atomic mass is 10.1. The van der Waals surface area contributed by atoms with Crippen molar-refractivity contribution in [1.29, 1.82) is 0 Å². The molecule has 5 heteroatoms. The largest absolute Gasteiger partial charge is 0.506 e. The average molecular weight is 463 g/mol. The maximum Gasteiger partial charge on any atom is 0.136 e. The molecule has 4 aromatic rings. The number of para-hydroxylation sites is 1. The van der Waals surface area contributed by atoms with Gasteiger partial charge in [0.2, 0.25) is 0 Å². The molecule has 0 amide bonds. The van der Waals surface area contributed by atoms with E-state index >= 15 is 0 Å². The number of aromatic hydroxyl groups is 1. The Morgan fingerprint density at radius 1 is 0.867 bits per heavy atom. The first-order valence-corrected chi connectivity index (χ1v) is 11.0. The molecule has 0 bridgehead atoms. The van der Waals surface area contributed by atoms with Crippen LogP contribution in [0.4, 0.5) is 5.69 Å². The number of halogens is 1. The van der Waals surface area contributed by atoms with Crippen molar-refractivity contribution in [3.05, 3.63) is 82.8 Å². The molecule has 2 heterocycles. The van der Waals surface area contributed by atoms with Crippen LogP contribution < -0.4 is 4.90 Å². The van der Waals surface area contributed by atoms with Crippen molar-refractivity contribution in [2.24, 2.45) is 0 Å². The number of hydrogen-bond acceptors (Lipinski definition) is 4. The van der Waals surface area contributed by atoms with Crippen molar-refractivity contribution in [3.63, 3.8) is 0 Å². The van der Waals surface area contributed by atoms with E-state index in [2.05, 4.69) is 50.0 Å². The van der Waals surface area contributed by atoms with E-state index in [0.29, 0.717) is 16.8 Å². The molecule has 152 valence electrons. The van der Waals surface area contributed by atoms with Gasteiger partial charge in [-0.2, -0.15) is 0 Å². The first kappa shape index (κ1) is 19.2. The van der Waals surface area contributed by atoms with Crippen LogP contribution in [-0.2, 0) is 6.54 Å². The summed E-state index contributed by atoms with van der Waals surface area (Å²) in [6.07, 6.45) is 0. The maximum absolute atomic E-state index is 10.8. The van der Waals surface area contributed by atoms with Crippen molar-refractivity contribution >= 4 is 32.6 Å². The number of fused-ring (bicyclic) bond motifs is 1. The number of piperazine rings is 1. The summed E-state index contributed by atoms with van der Waals surface area (Å²) in [5, 5.41) is 11.7. The average Bonchev–Trinajstić information content (AvgIpc) is 3.23. The number of rotatable bonds is 4. The van der Waals surface area contributed by atoms with Gasteiger partial charge in [-0.3, -0.25) is 4.90 Å².